The van der Waals surface area contributed by atoms with E-state index in [-0.39, 0.29) is 5.41 Å². The van der Waals surface area contributed by atoms with Crippen LogP contribution in [0.15, 0.2) is 0 Å². The van der Waals surface area contributed by atoms with Gasteiger partial charge in [-0.15, -0.1) is 0 Å². The van der Waals surface area contributed by atoms with Crippen LogP contribution < -0.4 is 5.73 Å². The maximum atomic E-state index is 12.7. The van der Waals surface area contributed by atoms with E-state index in [4.69, 9.17) is 5.73 Å². The largest absolute Gasteiger partial charge is 0.341 e. The zero-order chi connectivity index (χ0) is 15.9. The zero-order valence-corrected chi connectivity index (χ0v) is 14.5. The summed E-state index contributed by atoms with van der Waals surface area (Å²) in [5.41, 5.74) is 6.02. The molecule has 1 rings (SSSR count). The maximum absolute atomic E-state index is 12.7. The van der Waals surface area contributed by atoms with Crippen LogP contribution in [-0.4, -0.2) is 55.0 Å². The molecule has 0 bridgehead atoms. The Morgan fingerprint density at radius 3 is 2.19 bits per heavy atom. The molecule has 0 radical (unpaired) electrons. The summed E-state index contributed by atoms with van der Waals surface area (Å²) in [6, 6.07) is 0. The highest BCUT2D eigenvalue weighted by Crippen LogP contribution is 2.43. The first-order valence-corrected chi connectivity index (χ1v) is 8.66. The van der Waals surface area contributed by atoms with Crippen LogP contribution in [0.1, 0.15) is 53.4 Å². The first-order valence-electron chi connectivity index (χ1n) is 8.66. The third kappa shape index (κ3) is 5.59. The van der Waals surface area contributed by atoms with Gasteiger partial charge in [0, 0.05) is 26.1 Å². The van der Waals surface area contributed by atoms with E-state index in [1.165, 1.54) is 6.42 Å². The summed E-state index contributed by atoms with van der Waals surface area (Å²) in [5.74, 6) is 0.821. The van der Waals surface area contributed by atoms with E-state index in [9.17, 15) is 4.79 Å². The van der Waals surface area contributed by atoms with Gasteiger partial charge in [0.1, 0.15) is 0 Å². The van der Waals surface area contributed by atoms with Crippen LogP contribution in [0.25, 0.3) is 0 Å². The Bertz CT molecular complexity index is 304. The molecule has 21 heavy (non-hydrogen) atoms. The molecule has 0 unspecified atom stereocenters. The molecular weight excluding hydrogens is 262 g/mol. The highest BCUT2D eigenvalue weighted by molar-refractivity contribution is 5.77. The molecule has 1 amide bonds. The van der Waals surface area contributed by atoms with E-state index in [0.29, 0.717) is 24.8 Å². The molecule has 4 heteroatoms. The van der Waals surface area contributed by atoms with Gasteiger partial charge in [-0.05, 0) is 43.8 Å². The average molecular weight is 297 g/mol. The van der Waals surface area contributed by atoms with Crippen molar-refractivity contribution in [2.45, 2.75) is 53.4 Å². The SMILES string of the molecule is CCN(CC)CCN(CC(C)C)C(=O)CC1(CN)CCC1. The highest BCUT2D eigenvalue weighted by Gasteiger charge is 2.38. The Balaban J connectivity index is 2.56. The normalized spacial score (nSPS) is 17.1. The fourth-order valence-electron chi connectivity index (χ4n) is 3.12. The Morgan fingerprint density at radius 2 is 1.81 bits per heavy atom. The van der Waals surface area contributed by atoms with Crippen LogP contribution in [0.3, 0.4) is 0 Å². The van der Waals surface area contributed by atoms with Crippen LogP contribution in [0.2, 0.25) is 0 Å². The smallest absolute Gasteiger partial charge is 0.223 e. The van der Waals surface area contributed by atoms with Gasteiger partial charge >= 0.3 is 0 Å². The second-order valence-electron chi connectivity index (χ2n) is 6.99. The molecule has 1 fully saturated rings. The van der Waals surface area contributed by atoms with E-state index in [0.717, 1.165) is 45.6 Å². The predicted molar refractivity (Wildman–Crippen MR) is 89.2 cm³/mol. The van der Waals surface area contributed by atoms with E-state index in [1.807, 2.05) is 0 Å². The van der Waals surface area contributed by atoms with Crippen LogP contribution in [0, 0.1) is 11.3 Å². The number of hydrogen-bond donors (Lipinski definition) is 1. The first kappa shape index (κ1) is 18.4. The lowest BCUT2D eigenvalue weighted by molar-refractivity contribution is -0.135. The van der Waals surface area contributed by atoms with E-state index < -0.39 is 0 Å². The van der Waals surface area contributed by atoms with E-state index in [1.54, 1.807) is 0 Å². The Morgan fingerprint density at radius 1 is 1.19 bits per heavy atom. The van der Waals surface area contributed by atoms with Gasteiger partial charge < -0.3 is 15.5 Å². The molecule has 2 N–H and O–H groups in total. The number of carbonyl (C=O) groups excluding carboxylic acids is 1. The Kier molecular flexibility index (Phi) is 7.67. The Hall–Kier alpha value is -0.610. The van der Waals surface area contributed by atoms with Crippen molar-refractivity contribution in [1.29, 1.82) is 0 Å². The van der Waals surface area contributed by atoms with Gasteiger partial charge in [0.15, 0.2) is 0 Å². The molecule has 1 aliphatic rings. The van der Waals surface area contributed by atoms with Crippen molar-refractivity contribution in [1.82, 2.24) is 9.80 Å². The molecule has 0 aromatic heterocycles. The van der Waals surface area contributed by atoms with Crippen LogP contribution in [-0.2, 0) is 4.79 Å². The minimum absolute atomic E-state index is 0.113. The third-order valence-electron chi connectivity index (χ3n) is 4.89. The number of likely N-dealkylation sites (N-methyl/N-ethyl adjacent to an activating group) is 1. The summed E-state index contributed by atoms with van der Waals surface area (Å²) in [6.07, 6.45) is 4.13. The van der Waals surface area contributed by atoms with Crippen LogP contribution >= 0.6 is 0 Å². The zero-order valence-electron chi connectivity index (χ0n) is 14.5. The van der Waals surface area contributed by atoms with Crippen molar-refractivity contribution in [3.63, 3.8) is 0 Å². The topological polar surface area (TPSA) is 49.6 Å². The summed E-state index contributed by atoms with van der Waals surface area (Å²) >= 11 is 0. The van der Waals surface area contributed by atoms with Crippen LogP contribution in [0.4, 0.5) is 0 Å². The second kappa shape index (κ2) is 8.74. The summed E-state index contributed by atoms with van der Waals surface area (Å²) in [7, 11) is 0. The van der Waals surface area contributed by atoms with Gasteiger partial charge in [-0.1, -0.05) is 34.1 Å². The van der Waals surface area contributed by atoms with Gasteiger partial charge in [0.2, 0.25) is 5.91 Å². The van der Waals surface area contributed by atoms with Crippen molar-refractivity contribution >= 4 is 5.91 Å². The van der Waals surface area contributed by atoms with Gasteiger partial charge in [-0.25, -0.2) is 0 Å². The molecule has 4 nitrogen and oxygen atoms in total. The number of hydrogen-bond acceptors (Lipinski definition) is 3. The van der Waals surface area contributed by atoms with E-state index >= 15 is 0 Å². The van der Waals surface area contributed by atoms with Gasteiger partial charge in [0.25, 0.3) is 0 Å². The summed E-state index contributed by atoms with van der Waals surface area (Å²) in [4.78, 5) is 17.1. The average Bonchev–Trinajstić information content (AvgIpc) is 2.42. The molecule has 0 atom stereocenters. The van der Waals surface area contributed by atoms with Crippen molar-refractivity contribution in [3.8, 4) is 0 Å². The molecule has 124 valence electrons. The van der Waals surface area contributed by atoms with Gasteiger partial charge in [-0.2, -0.15) is 0 Å². The molecule has 0 heterocycles. The third-order valence-corrected chi connectivity index (χ3v) is 4.89. The lowest BCUT2D eigenvalue weighted by atomic mass is 9.66. The van der Waals surface area contributed by atoms with Gasteiger partial charge in [0.05, 0.1) is 0 Å². The van der Waals surface area contributed by atoms with Crippen molar-refractivity contribution in [2.24, 2.45) is 17.1 Å². The Labute approximate surface area is 131 Å². The second-order valence-corrected chi connectivity index (χ2v) is 6.99. The summed E-state index contributed by atoms with van der Waals surface area (Å²) in [5, 5.41) is 0. The monoisotopic (exact) mass is 297 g/mol. The van der Waals surface area contributed by atoms with Crippen molar-refractivity contribution in [3.05, 3.63) is 0 Å². The number of amides is 1. The van der Waals surface area contributed by atoms with Crippen molar-refractivity contribution < 1.29 is 4.79 Å². The fraction of sp³-hybridized carbons (Fsp3) is 0.941. The van der Waals surface area contributed by atoms with Crippen molar-refractivity contribution in [2.75, 3.05) is 39.3 Å². The highest BCUT2D eigenvalue weighted by atomic mass is 16.2. The van der Waals surface area contributed by atoms with Gasteiger partial charge in [-0.3, -0.25) is 4.79 Å². The molecular formula is C17H35N3O. The van der Waals surface area contributed by atoms with Crippen LogP contribution in [0.5, 0.6) is 0 Å². The lowest BCUT2D eigenvalue weighted by Crippen LogP contribution is -2.46. The predicted octanol–water partition coefficient (Wildman–Crippen LogP) is 2.33. The molecule has 0 aliphatic heterocycles. The molecule has 0 aromatic rings. The standard InChI is InChI=1S/C17H35N3O/c1-5-19(6-2)10-11-20(13-15(3)4)16(21)12-17(14-18)8-7-9-17/h15H,5-14,18H2,1-4H3. The maximum Gasteiger partial charge on any atom is 0.223 e. The minimum atomic E-state index is 0.113. The molecule has 0 aromatic carbocycles. The number of carbonyl (C=O) groups is 1. The van der Waals surface area contributed by atoms with E-state index in [2.05, 4.69) is 37.5 Å². The first-order chi connectivity index (χ1) is 9.96. The molecule has 1 aliphatic carbocycles. The molecule has 0 saturated heterocycles. The number of nitrogens with zero attached hydrogens (tertiary/aromatic N) is 2. The minimum Gasteiger partial charge on any atom is -0.341 e. The summed E-state index contributed by atoms with van der Waals surface area (Å²) in [6.45, 7) is 14.1. The fourth-order valence-corrected chi connectivity index (χ4v) is 3.12. The summed E-state index contributed by atoms with van der Waals surface area (Å²) < 4.78 is 0. The number of nitrogens with two attached hydrogens (primary N) is 1. The quantitative estimate of drug-likeness (QED) is 0.673. The number of rotatable bonds is 10. The molecule has 1 saturated carbocycles. The molecule has 0 spiro atoms. The lowest BCUT2D eigenvalue weighted by Gasteiger charge is -2.42.